The Kier molecular flexibility index (Phi) is 6.85. The van der Waals surface area contributed by atoms with Crippen molar-refractivity contribution in [2.45, 2.75) is 25.4 Å². The number of benzene rings is 2. The van der Waals surface area contributed by atoms with Crippen LogP contribution in [-0.4, -0.2) is 18.5 Å². The summed E-state index contributed by atoms with van der Waals surface area (Å²) in [5, 5.41) is 1.79. The molecule has 144 valence electrons. The van der Waals surface area contributed by atoms with Crippen molar-refractivity contribution in [1.82, 2.24) is 0 Å². The quantitative estimate of drug-likeness (QED) is 0.693. The molecule has 0 aliphatic carbocycles. The molecular formula is C19H17ClF3NO3. The summed E-state index contributed by atoms with van der Waals surface area (Å²) in [5.74, 6) is -1.85. The van der Waals surface area contributed by atoms with Gasteiger partial charge in [0.25, 0.3) is 5.91 Å². The number of carbonyl (C=O) groups excluding carboxylic acids is 2. The summed E-state index contributed by atoms with van der Waals surface area (Å²) >= 11 is 5.53. The number of carbonyl (C=O) groups is 2. The van der Waals surface area contributed by atoms with Crippen LogP contribution in [0.1, 0.15) is 30.4 Å². The summed E-state index contributed by atoms with van der Waals surface area (Å²) in [6, 6.07) is 11.9. The highest BCUT2D eigenvalue weighted by atomic mass is 35.5. The molecule has 0 aromatic heterocycles. The van der Waals surface area contributed by atoms with Gasteiger partial charge in [-0.25, -0.2) is 0 Å². The summed E-state index contributed by atoms with van der Waals surface area (Å²) in [5.41, 5.74) is -0.394. The molecule has 1 amide bonds. The van der Waals surface area contributed by atoms with Crippen LogP contribution in [0.4, 0.5) is 18.9 Å². The number of esters is 1. The van der Waals surface area contributed by atoms with Gasteiger partial charge < -0.3 is 10.1 Å². The Bertz CT molecular complexity index is 810. The Morgan fingerprint density at radius 1 is 1.15 bits per heavy atom. The Hall–Kier alpha value is -2.54. The maximum atomic E-state index is 12.8. The van der Waals surface area contributed by atoms with E-state index in [0.717, 1.165) is 17.7 Å². The van der Waals surface area contributed by atoms with Gasteiger partial charge in [-0.2, -0.15) is 13.2 Å². The average Bonchev–Trinajstić information content (AvgIpc) is 2.62. The van der Waals surface area contributed by atoms with Gasteiger partial charge in [0.1, 0.15) is 0 Å². The summed E-state index contributed by atoms with van der Waals surface area (Å²) in [6.07, 6.45) is -4.16. The zero-order chi connectivity index (χ0) is 20.0. The third-order valence-electron chi connectivity index (χ3n) is 3.80. The fraction of sp³-hybridized carbons (Fsp3) is 0.263. The average molecular weight is 400 g/mol. The monoisotopic (exact) mass is 399 g/mol. The number of hydrogen-bond acceptors (Lipinski definition) is 3. The highest BCUT2D eigenvalue weighted by Crippen LogP contribution is 2.36. The Balaban J connectivity index is 1.97. The largest absolute Gasteiger partial charge is 0.455 e. The van der Waals surface area contributed by atoms with Gasteiger partial charge in [0.15, 0.2) is 6.61 Å². The molecule has 2 aromatic carbocycles. The molecule has 2 aromatic rings. The number of hydrogen-bond donors (Lipinski definition) is 1. The minimum atomic E-state index is -4.64. The number of alkyl halides is 3. The van der Waals surface area contributed by atoms with Crippen LogP contribution < -0.4 is 5.32 Å². The smallest absolute Gasteiger partial charge is 0.417 e. The number of ether oxygens (including phenoxy) is 1. The van der Waals surface area contributed by atoms with Gasteiger partial charge in [-0.05, 0) is 30.2 Å². The van der Waals surface area contributed by atoms with Gasteiger partial charge >= 0.3 is 12.1 Å². The normalized spacial score (nSPS) is 12.3. The van der Waals surface area contributed by atoms with E-state index in [1.807, 2.05) is 13.0 Å². The van der Waals surface area contributed by atoms with Crippen molar-refractivity contribution in [3.63, 3.8) is 0 Å². The molecule has 0 heterocycles. The highest BCUT2D eigenvalue weighted by Gasteiger charge is 2.33. The van der Waals surface area contributed by atoms with Crippen LogP contribution in [0.5, 0.6) is 0 Å². The van der Waals surface area contributed by atoms with E-state index in [2.05, 4.69) is 5.32 Å². The van der Waals surface area contributed by atoms with E-state index in [0.29, 0.717) is 6.42 Å². The van der Waals surface area contributed by atoms with Gasteiger partial charge in [0, 0.05) is 5.69 Å². The van der Waals surface area contributed by atoms with Crippen LogP contribution in [0.25, 0.3) is 0 Å². The Morgan fingerprint density at radius 3 is 2.41 bits per heavy atom. The minimum Gasteiger partial charge on any atom is -0.455 e. The van der Waals surface area contributed by atoms with E-state index in [1.54, 1.807) is 24.3 Å². The molecule has 0 aliphatic heterocycles. The molecule has 0 saturated carbocycles. The van der Waals surface area contributed by atoms with Gasteiger partial charge in [0.2, 0.25) is 0 Å². The maximum Gasteiger partial charge on any atom is 0.417 e. The number of rotatable bonds is 6. The Labute approximate surface area is 159 Å². The maximum absolute atomic E-state index is 12.8. The van der Waals surface area contributed by atoms with E-state index < -0.39 is 41.2 Å². The molecule has 0 bridgehead atoms. The second-order valence-electron chi connectivity index (χ2n) is 5.72. The van der Waals surface area contributed by atoms with Gasteiger partial charge in [0.05, 0.1) is 16.5 Å². The summed E-state index contributed by atoms with van der Waals surface area (Å²) in [4.78, 5) is 24.1. The van der Waals surface area contributed by atoms with Crippen LogP contribution in [0.2, 0.25) is 5.02 Å². The molecular weight excluding hydrogens is 383 g/mol. The minimum absolute atomic E-state index is 0.0946. The lowest BCUT2D eigenvalue weighted by Crippen LogP contribution is -2.24. The van der Waals surface area contributed by atoms with Crippen LogP contribution in [-0.2, 0) is 20.5 Å². The molecule has 8 heteroatoms. The number of anilines is 1. The van der Waals surface area contributed by atoms with E-state index in [4.69, 9.17) is 16.3 Å². The van der Waals surface area contributed by atoms with Crippen molar-refractivity contribution in [2.75, 3.05) is 11.9 Å². The molecule has 0 aliphatic rings. The SMILES string of the molecule is CC[C@H](C(=O)OCC(=O)Nc1ccc(Cl)c(C(F)(F)F)c1)c1ccccc1. The molecule has 0 fully saturated rings. The molecule has 27 heavy (non-hydrogen) atoms. The van der Waals surface area contributed by atoms with Crippen molar-refractivity contribution in [1.29, 1.82) is 0 Å². The number of amides is 1. The molecule has 0 unspecified atom stereocenters. The molecule has 0 radical (unpaired) electrons. The van der Waals surface area contributed by atoms with Crippen molar-refractivity contribution in [2.24, 2.45) is 0 Å². The molecule has 4 nitrogen and oxygen atoms in total. The van der Waals surface area contributed by atoms with Crippen molar-refractivity contribution in [3.05, 3.63) is 64.7 Å². The second kappa shape index (κ2) is 8.90. The fourth-order valence-corrected chi connectivity index (χ4v) is 2.70. The van der Waals surface area contributed by atoms with Gasteiger partial charge in [-0.1, -0.05) is 48.9 Å². The van der Waals surface area contributed by atoms with E-state index in [9.17, 15) is 22.8 Å². The first-order valence-electron chi connectivity index (χ1n) is 8.10. The molecule has 1 atom stereocenters. The lowest BCUT2D eigenvalue weighted by Gasteiger charge is -2.15. The predicted molar refractivity (Wildman–Crippen MR) is 95.5 cm³/mol. The van der Waals surface area contributed by atoms with Gasteiger partial charge in [-0.3, -0.25) is 9.59 Å². The fourth-order valence-electron chi connectivity index (χ4n) is 2.48. The molecule has 0 spiro atoms. The number of halogens is 4. The van der Waals surface area contributed by atoms with Crippen LogP contribution in [0.15, 0.2) is 48.5 Å². The van der Waals surface area contributed by atoms with Crippen molar-refractivity contribution in [3.8, 4) is 0 Å². The first-order chi connectivity index (χ1) is 12.7. The lowest BCUT2D eigenvalue weighted by molar-refractivity contribution is -0.149. The second-order valence-corrected chi connectivity index (χ2v) is 6.13. The summed E-state index contributed by atoms with van der Waals surface area (Å²) in [6.45, 7) is 1.21. The van der Waals surface area contributed by atoms with Crippen LogP contribution in [0, 0.1) is 0 Å². The third kappa shape index (κ3) is 5.72. The van der Waals surface area contributed by atoms with E-state index in [1.165, 1.54) is 6.07 Å². The van der Waals surface area contributed by atoms with Crippen molar-refractivity contribution < 1.29 is 27.5 Å². The first-order valence-corrected chi connectivity index (χ1v) is 8.48. The summed E-state index contributed by atoms with van der Waals surface area (Å²) < 4.78 is 43.5. The Morgan fingerprint density at radius 2 is 1.81 bits per heavy atom. The standard InChI is InChI=1S/C19H17ClF3NO3/c1-2-14(12-6-4-3-5-7-12)18(26)27-11-17(25)24-13-8-9-16(20)15(10-13)19(21,22)23/h3-10,14H,2,11H2,1H3,(H,24,25)/t14-/m0/s1. The van der Waals surface area contributed by atoms with Crippen LogP contribution >= 0.6 is 11.6 Å². The van der Waals surface area contributed by atoms with E-state index in [-0.39, 0.29) is 5.69 Å². The molecule has 1 N–H and O–H groups in total. The third-order valence-corrected chi connectivity index (χ3v) is 4.13. The van der Waals surface area contributed by atoms with Gasteiger partial charge in [-0.15, -0.1) is 0 Å². The predicted octanol–water partition coefficient (Wildman–Crippen LogP) is 5.03. The van der Waals surface area contributed by atoms with E-state index >= 15 is 0 Å². The van der Waals surface area contributed by atoms with Crippen LogP contribution in [0.3, 0.4) is 0 Å². The molecule has 2 rings (SSSR count). The topological polar surface area (TPSA) is 55.4 Å². The number of nitrogens with one attached hydrogen (secondary N) is 1. The first kappa shape index (κ1) is 20.8. The molecule has 0 saturated heterocycles. The van der Waals surface area contributed by atoms with Crippen molar-refractivity contribution >= 4 is 29.2 Å². The lowest BCUT2D eigenvalue weighted by atomic mass is 9.97. The highest BCUT2D eigenvalue weighted by molar-refractivity contribution is 6.31. The summed E-state index contributed by atoms with van der Waals surface area (Å²) in [7, 11) is 0. The zero-order valence-electron chi connectivity index (χ0n) is 14.3. The zero-order valence-corrected chi connectivity index (χ0v) is 15.1.